The molecule has 0 aromatic rings. The van der Waals surface area contributed by atoms with E-state index in [4.69, 9.17) is 0 Å². The maximum atomic E-state index is 12.0. The van der Waals surface area contributed by atoms with Gasteiger partial charge in [-0.3, -0.25) is 4.79 Å². The Kier molecular flexibility index (Phi) is 5.30. The van der Waals surface area contributed by atoms with Crippen LogP contribution >= 0.6 is 0 Å². The average Bonchev–Trinajstić information content (AvgIpc) is 2.30. The summed E-state index contributed by atoms with van der Waals surface area (Å²) in [6.45, 7) is 4.05. The minimum Gasteiger partial charge on any atom is -0.385 e. The molecule has 1 atom stereocenters. The normalized spacial score (nSPS) is 20.5. The highest BCUT2D eigenvalue weighted by molar-refractivity contribution is 5.85. The highest BCUT2D eigenvalue weighted by Gasteiger charge is 2.30. The van der Waals surface area contributed by atoms with Crippen molar-refractivity contribution < 1.29 is 9.90 Å². The average molecular weight is 212 g/mol. The molecule has 1 fully saturated rings. The van der Waals surface area contributed by atoms with Crippen LogP contribution in [0.5, 0.6) is 0 Å². The first kappa shape index (κ1) is 12.7. The van der Waals surface area contributed by atoms with Crippen molar-refractivity contribution in [3.05, 3.63) is 0 Å². The highest BCUT2D eigenvalue weighted by Crippen LogP contribution is 2.28. The summed E-state index contributed by atoms with van der Waals surface area (Å²) in [6, 6.07) is 0. The number of ketones is 1. The maximum absolute atomic E-state index is 12.0. The first-order chi connectivity index (χ1) is 7.20. The lowest BCUT2D eigenvalue weighted by Crippen LogP contribution is -2.35. The molecule has 1 aliphatic carbocycles. The lowest BCUT2D eigenvalue weighted by molar-refractivity contribution is -0.134. The van der Waals surface area contributed by atoms with Crippen molar-refractivity contribution in [2.45, 2.75) is 64.9 Å². The summed E-state index contributed by atoms with van der Waals surface area (Å²) in [4.78, 5) is 12.0. The van der Waals surface area contributed by atoms with Crippen molar-refractivity contribution in [3.63, 3.8) is 0 Å². The van der Waals surface area contributed by atoms with Crippen LogP contribution in [-0.4, -0.2) is 17.0 Å². The van der Waals surface area contributed by atoms with E-state index in [0.29, 0.717) is 0 Å². The number of rotatable bonds is 5. The van der Waals surface area contributed by atoms with E-state index in [2.05, 4.69) is 0 Å². The van der Waals surface area contributed by atoms with Crippen molar-refractivity contribution >= 4 is 5.78 Å². The lowest BCUT2D eigenvalue weighted by atomic mass is 9.80. The molecule has 1 aliphatic rings. The Hall–Kier alpha value is -0.370. The molecular weight excluding hydrogens is 188 g/mol. The van der Waals surface area contributed by atoms with Gasteiger partial charge in [-0.15, -0.1) is 0 Å². The monoisotopic (exact) mass is 212 g/mol. The van der Waals surface area contributed by atoms with Gasteiger partial charge in [-0.05, 0) is 31.6 Å². The Morgan fingerprint density at radius 2 is 1.73 bits per heavy atom. The van der Waals surface area contributed by atoms with Crippen LogP contribution in [-0.2, 0) is 4.79 Å². The molecule has 0 radical (unpaired) electrons. The Balaban J connectivity index is 2.49. The standard InChI is InChI=1S/C13H24O2/c1-3-10(4-2)12(14)13(15)11-8-6-5-7-9-11/h10-11,13,15H,3-9H2,1-2H3. The molecule has 1 N–H and O–H groups in total. The summed E-state index contributed by atoms with van der Waals surface area (Å²) in [5, 5.41) is 10.0. The topological polar surface area (TPSA) is 37.3 Å². The molecule has 88 valence electrons. The smallest absolute Gasteiger partial charge is 0.164 e. The number of hydrogen-bond donors (Lipinski definition) is 1. The van der Waals surface area contributed by atoms with Gasteiger partial charge in [0.05, 0.1) is 0 Å². The van der Waals surface area contributed by atoms with Crippen LogP contribution in [0, 0.1) is 11.8 Å². The molecule has 0 aromatic carbocycles. The molecule has 0 aromatic heterocycles. The fourth-order valence-electron chi connectivity index (χ4n) is 2.61. The van der Waals surface area contributed by atoms with Gasteiger partial charge >= 0.3 is 0 Å². The van der Waals surface area contributed by atoms with E-state index in [0.717, 1.165) is 25.7 Å². The molecule has 0 spiro atoms. The van der Waals surface area contributed by atoms with Crippen LogP contribution in [0.4, 0.5) is 0 Å². The first-order valence-corrected chi connectivity index (χ1v) is 6.42. The van der Waals surface area contributed by atoms with E-state index in [1.165, 1.54) is 19.3 Å². The SMILES string of the molecule is CCC(CC)C(=O)C(O)C1CCCCC1. The van der Waals surface area contributed by atoms with Gasteiger partial charge in [-0.25, -0.2) is 0 Å². The first-order valence-electron chi connectivity index (χ1n) is 6.42. The molecule has 0 bridgehead atoms. The van der Waals surface area contributed by atoms with Crippen molar-refractivity contribution in [2.75, 3.05) is 0 Å². The van der Waals surface area contributed by atoms with Crippen LogP contribution < -0.4 is 0 Å². The zero-order chi connectivity index (χ0) is 11.3. The van der Waals surface area contributed by atoms with Gasteiger partial charge in [0.1, 0.15) is 6.10 Å². The largest absolute Gasteiger partial charge is 0.385 e. The van der Waals surface area contributed by atoms with Crippen LogP contribution in [0.1, 0.15) is 58.8 Å². The van der Waals surface area contributed by atoms with Gasteiger partial charge in [0.25, 0.3) is 0 Å². The molecule has 1 saturated carbocycles. The Labute approximate surface area is 93.1 Å². The fourth-order valence-corrected chi connectivity index (χ4v) is 2.61. The molecule has 1 unspecified atom stereocenters. The van der Waals surface area contributed by atoms with E-state index in [1.54, 1.807) is 0 Å². The molecular formula is C13H24O2. The second kappa shape index (κ2) is 6.26. The van der Waals surface area contributed by atoms with Gasteiger partial charge in [-0.2, -0.15) is 0 Å². The molecule has 2 heteroatoms. The predicted octanol–water partition coefficient (Wildman–Crippen LogP) is 2.93. The molecule has 0 heterocycles. The molecule has 1 rings (SSSR count). The zero-order valence-electron chi connectivity index (χ0n) is 10.0. The van der Waals surface area contributed by atoms with Gasteiger partial charge < -0.3 is 5.11 Å². The van der Waals surface area contributed by atoms with E-state index in [9.17, 15) is 9.90 Å². The summed E-state index contributed by atoms with van der Waals surface area (Å²) in [5.74, 6) is 0.403. The van der Waals surface area contributed by atoms with Crippen molar-refractivity contribution in [1.82, 2.24) is 0 Å². The van der Waals surface area contributed by atoms with Gasteiger partial charge in [0.15, 0.2) is 5.78 Å². The predicted molar refractivity (Wildman–Crippen MR) is 61.7 cm³/mol. The van der Waals surface area contributed by atoms with Gasteiger partial charge in [0, 0.05) is 5.92 Å². The number of hydrogen-bond acceptors (Lipinski definition) is 2. The van der Waals surface area contributed by atoms with Crippen LogP contribution in [0.15, 0.2) is 0 Å². The molecule has 2 nitrogen and oxygen atoms in total. The number of carbonyl (C=O) groups is 1. The third-order valence-electron chi connectivity index (χ3n) is 3.78. The maximum Gasteiger partial charge on any atom is 0.164 e. The number of aliphatic hydroxyl groups is 1. The quantitative estimate of drug-likeness (QED) is 0.760. The summed E-state index contributed by atoms with van der Waals surface area (Å²) in [6.07, 6.45) is 6.73. The van der Waals surface area contributed by atoms with E-state index in [1.807, 2.05) is 13.8 Å². The summed E-state index contributed by atoms with van der Waals surface area (Å²) in [5.41, 5.74) is 0. The van der Waals surface area contributed by atoms with Gasteiger partial charge in [0.2, 0.25) is 0 Å². The summed E-state index contributed by atoms with van der Waals surface area (Å²) < 4.78 is 0. The van der Waals surface area contributed by atoms with E-state index >= 15 is 0 Å². The van der Waals surface area contributed by atoms with E-state index < -0.39 is 6.10 Å². The van der Waals surface area contributed by atoms with Gasteiger partial charge in [-0.1, -0.05) is 33.1 Å². The second-order valence-corrected chi connectivity index (χ2v) is 4.76. The zero-order valence-corrected chi connectivity index (χ0v) is 10.0. The fraction of sp³-hybridized carbons (Fsp3) is 0.923. The van der Waals surface area contributed by atoms with Crippen molar-refractivity contribution in [1.29, 1.82) is 0 Å². The number of carbonyl (C=O) groups excluding carboxylic acids is 1. The number of aliphatic hydroxyl groups excluding tert-OH is 1. The second-order valence-electron chi connectivity index (χ2n) is 4.76. The lowest BCUT2D eigenvalue weighted by Gasteiger charge is -2.27. The van der Waals surface area contributed by atoms with E-state index in [-0.39, 0.29) is 17.6 Å². The minimum absolute atomic E-state index is 0.0712. The third-order valence-corrected chi connectivity index (χ3v) is 3.78. The third kappa shape index (κ3) is 3.30. The Bertz CT molecular complexity index is 191. The van der Waals surface area contributed by atoms with Crippen LogP contribution in [0.25, 0.3) is 0 Å². The molecule has 0 saturated heterocycles. The van der Waals surface area contributed by atoms with Crippen molar-refractivity contribution in [2.24, 2.45) is 11.8 Å². The molecule has 15 heavy (non-hydrogen) atoms. The summed E-state index contributed by atoms with van der Waals surface area (Å²) in [7, 11) is 0. The highest BCUT2D eigenvalue weighted by atomic mass is 16.3. The van der Waals surface area contributed by atoms with Crippen molar-refractivity contribution in [3.8, 4) is 0 Å². The van der Waals surface area contributed by atoms with Crippen LogP contribution in [0.3, 0.4) is 0 Å². The number of Topliss-reactive ketones (excluding diaryl/α,β-unsaturated/α-hetero) is 1. The van der Waals surface area contributed by atoms with Crippen LogP contribution in [0.2, 0.25) is 0 Å². The Morgan fingerprint density at radius 3 is 2.20 bits per heavy atom. The Morgan fingerprint density at radius 1 is 1.20 bits per heavy atom. The summed E-state index contributed by atoms with van der Waals surface area (Å²) >= 11 is 0. The molecule has 0 aliphatic heterocycles. The molecule has 0 amide bonds. The minimum atomic E-state index is -0.685.